The Morgan fingerprint density at radius 2 is 1.93 bits per heavy atom. The highest BCUT2D eigenvalue weighted by Crippen LogP contribution is 2.16. The quantitative estimate of drug-likeness (QED) is 0.856. The first-order valence-electron chi connectivity index (χ1n) is 9.06. The summed E-state index contributed by atoms with van der Waals surface area (Å²) in [5.41, 5.74) is 2.53. The van der Waals surface area contributed by atoms with Gasteiger partial charge in [0.1, 0.15) is 5.69 Å². The van der Waals surface area contributed by atoms with Crippen molar-refractivity contribution in [2.45, 2.75) is 38.8 Å². The van der Waals surface area contributed by atoms with Gasteiger partial charge in [0.15, 0.2) is 0 Å². The van der Waals surface area contributed by atoms with Crippen LogP contribution >= 0.6 is 0 Å². The van der Waals surface area contributed by atoms with E-state index >= 15 is 0 Å². The minimum absolute atomic E-state index is 0.139. The number of aliphatic hydroxyl groups is 1. The molecule has 0 unspecified atom stereocenters. The third-order valence-corrected chi connectivity index (χ3v) is 4.74. The topological polar surface area (TPSA) is 95.4 Å². The summed E-state index contributed by atoms with van der Waals surface area (Å²) in [6, 6.07) is 6.83. The first kappa shape index (κ1) is 19.0. The first-order chi connectivity index (χ1) is 12.9. The summed E-state index contributed by atoms with van der Waals surface area (Å²) >= 11 is 0. The van der Waals surface area contributed by atoms with E-state index in [4.69, 9.17) is 0 Å². The van der Waals surface area contributed by atoms with Crippen LogP contribution < -0.4 is 5.32 Å². The molecule has 7 nitrogen and oxygen atoms in total. The number of amides is 2. The molecule has 27 heavy (non-hydrogen) atoms. The molecule has 2 amide bonds. The Morgan fingerprint density at radius 1 is 1.19 bits per heavy atom. The van der Waals surface area contributed by atoms with Gasteiger partial charge in [-0.25, -0.2) is 4.98 Å². The van der Waals surface area contributed by atoms with E-state index in [1.54, 1.807) is 29.4 Å². The third kappa shape index (κ3) is 4.68. The fraction of sp³-hybridized carbons (Fsp3) is 0.400. The van der Waals surface area contributed by atoms with Crippen LogP contribution in [0.25, 0.3) is 0 Å². The van der Waals surface area contributed by atoms with Gasteiger partial charge in [0.25, 0.3) is 11.8 Å². The molecule has 2 N–H and O–H groups in total. The van der Waals surface area contributed by atoms with Crippen LogP contribution in [0.15, 0.2) is 36.7 Å². The molecule has 142 valence electrons. The maximum Gasteiger partial charge on any atom is 0.270 e. The molecule has 2 aromatic heterocycles. The van der Waals surface area contributed by atoms with Crippen molar-refractivity contribution in [2.75, 3.05) is 13.1 Å². The zero-order chi connectivity index (χ0) is 19.4. The predicted octanol–water partition coefficient (Wildman–Crippen LogP) is 1.49. The number of carbonyl (C=O) groups is 2. The lowest BCUT2D eigenvalue weighted by molar-refractivity contribution is 0.0651. The van der Waals surface area contributed by atoms with E-state index in [0.717, 1.165) is 11.3 Å². The van der Waals surface area contributed by atoms with Crippen molar-refractivity contribution in [3.8, 4) is 0 Å². The molecule has 7 heteroatoms. The SMILES string of the molecule is Cc1ccc(C)c(C(=O)N[C@@H]2CCN(C(=O)c3ccncc3)C[C@H](O)C2)n1. The molecule has 1 aliphatic heterocycles. The van der Waals surface area contributed by atoms with Gasteiger partial charge in [0.2, 0.25) is 0 Å². The van der Waals surface area contributed by atoms with Crippen LogP contribution in [-0.2, 0) is 0 Å². The molecule has 0 aromatic carbocycles. The Bertz CT molecular complexity index is 825. The molecule has 0 radical (unpaired) electrons. The lowest BCUT2D eigenvalue weighted by atomic mass is 10.1. The van der Waals surface area contributed by atoms with Crippen LogP contribution in [-0.4, -0.2) is 57.0 Å². The lowest BCUT2D eigenvalue weighted by Gasteiger charge is -2.22. The molecular weight excluding hydrogens is 344 g/mol. The second-order valence-corrected chi connectivity index (χ2v) is 6.95. The Hall–Kier alpha value is -2.80. The van der Waals surface area contributed by atoms with Gasteiger partial charge in [-0.15, -0.1) is 0 Å². The number of β-amino-alcohol motifs (C(OH)–C–C–N with tert-alkyl or cyclic N) is 1. The van der Waals surface area contributed by atoms with Gasteiger partial charge in [-0.1, -0.05) is 6.07 Å². The van der Waals surface area contributed by atoms with Gasteiger partial charge >= 0.3 is 0 Å². The first-order valence-corrected chi connectivity index (χ1v) is 9.06. The van der Waals surface area contributed by atoms with Gasteiger partial charge in [0.05, 0.1) is 6.10 Å². The molecule has 3 heterocycles. The molecule has 0 saturated carbocycles. The fourth-order valence-electron chi connectivity index (χ4n) is 3.28. The summed E-state index contributed by atoms with van der Waals surface area (Å²) in [6.07, 6.45) is 3.42. The van der Waals surface area contributed by atoms with Crippen molar-refractivity contribution in [2.24, 2.45) is 0 Å². The number of nitrogens with zero attached hydrogens (tertiary/aromatic N) is 3. The van der Waals surface area contributed by atoms with Crippen LogP contribution in [0.2, 0.25) is 0 Å². The molecule has 2 atom stereocenters. The number of likely N-dealkylation sites (tertiary alicyclic amines) is 1. The van der Waals surface area contributed by atoms with Gasteiger partial charge in [-0.2, -0.15) is 0 Å². The molecule has 3 rings (SSSR count). The number of aryl methyl sites for hydroxylation is 2. The van der Waals surface area contributed by atoms with E-state index in [1.165, 1.54) is 0 Å². The molecule has 1 aliphatic rings. The Balaban J connectivity index is 1.66. The van der Waals surface area contributed by atoms with E-state index in [2.05, 4.69) is 15.3 Å². The number of carbonyl (C=O) groups excluding carboxylic acids is 2. The second-order valence-electron chi connectivity index (χ2n) is 6.95. The van der Waals surface area contributed by atoms with Crippen LogP contribution in [0.1, 0.15) is 44.9 Å². The van der Waals surface area contributed by atoms with Crippen LogP contribution in [0.3, 0.4) is 0 Å². The maximum absolute atomic E-state index is 12.6. The highest BCUT2D eigenvalue weighted by atomic mass is 16.3. The van der Waals surface area contributed by atoms with Crippen LogP contribution in [0, 0.1) is 13.8 Å². The normalized spacial score (nSPS) is 20.0. The molecule has 0 bridgehead atoms. The second kappa shape index (κ2) is 8.26. The molecule has 0 spiro atoms. The highest BCUT2D eigenvalue weighted by molar-refractivity contribution is 5.94. The average molecular weight is 368 g/mol. The third-order valence-electron chi connectivity index (χ3n) is 4.74. The van der Waals surface area contributed by atoms with Crippen molar-refractivity contribution >= 4 is 11.8 Å². The van der Waals surface area contributed by atoms with E-state index in [1.807, 2.05) is 26.0 Å². The number of hydrogen-bond acceptors (Lipinski definition) is 5. The standard InChI is InChI=1S/C20H24N4O3/c1-13-3-4-14(2)22-18(13)19(26)23-16-7-10-24(12-17(25)11-16)20(27)15-5-8-21-9-6-15/h3-6,8-9,16-17,25H,7,10-12H2,1-2H3,(H,23,26)/t16-,17-/m1/s1. The van der Waals surface area contributed by atoms with Crippen molar-refractivity contribution in [1.82, 2.24) is 20.2 Å². The van der Waals surface area contributed by atoms with Crippen LogP contribution in [0.5, 0.6) is 0 Å². The Morgan fingerprint density at radius 3 is 2.67 bits per heavy atom. The molecular formula is C20H24N4O3. The summed E-state index contributed by atoms with van der Waals surface area (Å²) < 4.78 is 0. The summed E-state index contributed by atoms with van der Waals surface area (Å²) in [5.74, 6) is -0.387. The molecule has 0 aliphatic carbocycles. The van der Waals surface area contributed by atoms with Crippen LogP contribution in [0.4, 0.5) is 0 Å². The summed E-state index contributed by atoms with van der Waals surface area (Å²) in [4.78, 5) is 35.1. The minimum Gasteiger partial charge on any atom is -0.391 e. The van der Waals surface area contributed by atoms with Gasteiger partial charge in [-0.05, 0) is 50.5 Å². The number of rotatable bonds is 3. The predicted molar refractivity (Wildman–Crippen MR) is 100 cm³/mol. The highest BCUT2D eigenvalue weighted by Gasteiger charge is 2.28. The summed E-state index contributed by atoms with van der Waals surface area (Å²) in [6.45, 7) is 4.39. The van der Waals surface area contributed by atoms with Crippen molar-refractivity contribution < 1.29 is 14.7 Å². The van der Waals surface area contributed by atoms with Gasteiger partial charge in [-0.3, -0.25) is 14.6 Å². The molecule has 2 aromatic rings. The van der Waals surface area contributed by atoms with Gasteiger partial charge < -0.3 is 15.3 Å². The summed E-state index contributed by atoms with van der Waals surface area (Å²) in [5, 5.41) is 13.3. The zero-order valence-electron chi connectivity index (χ0n) is 15.6. The molecule has 1 fully saturated rings. The summed E-state index contributed by atoms with van der Waals surface area (Å²) in [7, 11) is 0. The van der Waals surface area contributed by atoms with Crippen molar-refractivity contribution in [3.05, 3.63) is 59.2 Å². The number of hydrogen-bond donors (Lipinski definition) is 2. The Labute approximate surface area is 158 Å². The van der Waals surface area contributed by atoms with Crippen molar-refractivity contribution in [1.29, 1.82) is 0 Å². The number of pyridine rings is 2. The number of nitrogens with one attached hydrogen (secondary N) is 1. The average Bonchev–Trinajstić information content (AvgIpc) is 2.84. The number of aromatic nitrogens is 2. The fourth-order valence-corrected chi connectivity index (χ4v) is 3.28. The zero-order valence-corrected chi connectivity index (χ0v) is 15.6. The van der Waals surface area contributed by atoms with E-state index in [-0.39, 0.29) is 24.4 Å². The molecule has 1 saturated heterocycles. The maximum atomic E-state index is 12.6. The lowest BCUT2D eigenvalue weighted by Crippen LogP contribution is -2.38. The largest absolute Gasteiger partial charge is 0.391 e. The van der Waals surface area contributed by atoms with E-state index in [9.17, 15) is 14.7 Å². The monoisotopic (exact) mass is 368 g/mol. The van der Waals surface area contributed by atoms with Crippen molar-refractivity contribution in [3.63, 3.8) is 0 Å². The smallest absolute Gasteiger partial charge is 0.270 e. The minimum atomic E-state index is -0.699. The number of aliphatic hydroxyl groups excluding tert-OH is 1. The van der Waals surface area contributed by atoms with Gasteiger partial charge in [0, 0.05) is 42.8 Å². The van der Waals surface area contributed by atoms with E-state index < -0.39 is 6.10 Å². The van der Waals surface area contributed by atoms with E-state index in [0.29, 0.717) is 30.6 Å². The Kier molecular flexibility index (Phi) is 5.81.